The van der Waals surface area contributed by atoms with E-state index in [0.29, 0.717) is 25.4 Å². The number of carbonyl (C=O) groups excluding carboxylic acids is 1. The van der Waals surface area contributed by atoms with Gasteiger partial charge in [-0.05, 0) is 29.5 Å². The quantitative estimate of drug-likeness (QED) is 0.851. The average molecular weight is 292 g/mol. The fraction of sp³-hybridized carbons (Fsp3) is 0.350. The van der Waals surface area contributed by atoms with Crippen LogP contribution in [0.1, 0.15) is 41.9 Å². The lowest BCUT2D eigenvalue weighted by molar-refractivity contribution is -0.126. The van der Waals surface area contributed by atoms with Crippen LogP contribution in [0.5, 0.6) is 0 Å². The second kappa shape index (κ2) is 5.36. The molecule has 1 fully saturated rings. The largest absolute Gasteiger partial charge is 0.376 e. The maximum absolute atomic E-state index is 12.4. The van der Waals surface area contributed by atoms with Gasteiger partial charge in [-0.3, -0.25) is 4.79 Å². The van der Waals surface area contributed by atoms with Crippen LogP contribution in [0.25, 0.3) is 0 Å². The van der Waals surface area contributed by atoms with Gasteiger partial charge < -0.3 is 4.74 Å². The van der Waals surface area contributed by atoms with Gasteiger partial charge in [0.15, 0.2) is 0 Å². The first-order valence-electron chi connectivity index (χ1n) is 8.02. The molecule has 0 aromatic heterocycles. The van der Waals surface area contributed by atoms with Gasteiger partial charge in [0, 0.05) is 17.8 Å². The van der Waals surface area contributed by atoms with Crippen molar-refractivity contribution < 1.29 is 9.53 Å². The van der Waals surface area contributed by atoms with Gasteiger partial charge in [-0.1, -0.05) is 54.6 Å². The van der Waals surface area contributed by atoms with Crippen molar-refractivity contribution in [3.8, 4) is 0 Å². The maximum atomic E-state index is 12.4. The Morgan fingerprint density at radius 2 is 1.82 bits per heavy atom. The number of carbonyl (C=O) groups is 1. The Balaban J connectivity index is 1.56. The molecule has 5 rings (SSSR count). The van der Waals surface area contributed by atoms with Crippen LogP contribution >= 0.6 is 0 Å². The fourth-order valence-corrected chi connectivity index (χ4v) is 4.11. The highest BCUT2D eigenvalue weighted by atomic mass is 16.5. The van der Waals surface area contributed by atoms with Gasteiger partial charge >= 0.3 is 0 Å². The normalized spacial score (nSPS) is 26.0. The van der Waals surface area contributed by atoms with E-state index in [1.807, 2.05) is 24.3 Å². The molecule has 2 nitrogen and oxygen atoms in total. The van der Waals surface area contributed by atoms with E-state index in [9.17, 15) is 4.79 Å². The van der Waals surface area contributed by atoms with Crippen molar-refractivity contribution in [2.75, 3.05) is 6.61 Å². The van der Waals surface area contributed by atoms with E-state index in [1.54, 1.807) is 0 Å². The lowest BCUT2D eigenvalue weighted by Gasteiger charge is -2.46. The Morgan fingerprint density at radius 1 is 1.05 bits per heavy atom. The van der Waals surface area contributed by atoms with Crippen molar-refractivity contribution in [2.24, 2.45) is 0 Å². The van der Waals surface area contributed by atoms with Crippen LogP contribution in [0.2, 0.25) is 0 Å². The van der Waals surface area contributed by atoms with Crippen molar-refractivity contribution >= 4 is 5.78 Å². The minimum Gasteiger partial charge on any atom is -0.376 e. The predicted octanol–water partition coefficient (Wildman–Crippen LogP) is 3.99. The first-order valence-corrected chi connectivity index (χ1v) is 8.02. The van der Waals surface area contributed by atoms with Gasteiger partial charge in [0.2, 0.25) is 0 Å². The topological polar surface area (TPSA) is 26.3 Å². The molecule has 0 spiro atoms. The Kier molecular flexibility index (Phi) is 3.34. The van der Waals surface area contributed by atoms with E-state index < -0.39 is 0 Å². The zero-order valence-electron chi connectivity index (χ0n) is 12.6. The second-order valence-electron chi connectivity index (χ2n) is 6.58. The van der Waals surface area contributed by atoms with Crippen molar-refractivity contribution in [1.82, 2.24) is 0 Å². The summed E-state index contributed by atoms with van der Waals surface area (Å²) in [5.41, 5.74) is 3.67. The third kappa shape index (κ3) is 2.19. The van der Waals surface area contributed by atoms with E-state index in [2.05, 4.69) is 30.3 Å². The number of hydrogen-bond donors (Lipinski definition) is 0. The number of rotatable bonds is 4. The van der Waals surface area contributed by atoms with Crippen LogP contribution < -0.4 is 0 Å². The molecule has 2 aromatic carbocycles. The van der Waals surface area contributed by atoms with Crippen LogP contribution in [0.4, 0.5) is 0 Å². The number of benzene rings is 2. The van der Waals surface area contributed by atoms with Crippen molar-refractivity contribution in [3.05, 3.63) is 71.3 Å². The summed E-state index contributed by atoms with van der Waals surface area (Å²) in [5, 5.41) is 0. The molecule has 1 unspecified atom stereocenters. The van der Waals surface area contributed by atoms with E-state index >= 15 is 0 Å². The maximum Gasteiger partial charge on any atom is 0.141 e. The molecule has 2 aromatic rings. The highest BCUT2D eigenvalue weighted by molar-refractivity contribution is 5.90. The molecule has 2 atom stereocenters. The Hall–Kier alpha value is -1.93. The molecule has 3 aliphatic rings. The Morgan fingerprint density at radius 3 is 2.64 bits per heavy atom. The molecule has 0 saturated heterocycles. The highest BCUT2D eigenvalue weighted by Crippen LogP contribution is 2.51. The molecule has 112 valence electrons. The van der Waals surface area contributed by atoms with Crippen LogP contribution in [-0.2, 0) is 21.6 Å². The van der Waals surface area contributed by atoms with Crippen LogP contribution in [0.3, 0.4) is 0 Å². The molecule has 2 heteroatoms. The van der Waals surface area contributed by atoms with Crippen LogP contribution in [0.15, 0.2) is 54.6 Å². The number of fused-ring (bicyclic) bond motifs is 2. The van der Waals surface area contributed by atoms with Crippen molar-refractivity contribution in [2.45, 2.75) is 37.2 Å². The smallest absolute Gasteiger partial charge is 0.141 e. The monoisotopic (exact) mass is 292 g/mol. The standard InChI is InChI=1S/C20H20O2/c21-19-12-20(14-22-13-15-6-2-1-3-7-15)11-10-17(19)16-8-4-5-9-18(16)20/h1-9,17H,10-14H2/t17-,20?/m1/s1. The first kappa shape index (κ1) is 13.7. The summed E-state index contributed by atoms with van der Waals surface area (Å²) in [5.74, 6) is 0.528. The summed E-state index contributed by atoms with van der Waals surface area (Å²) >= 11 is 0. The molecule has 0 amide bonds. The SMILES string of the molecule is O=C1CC2(COCc3ccccc3)CC[C@@H]1c1ccccc12. The Bertz CT molecular complexity index is 692. The molecule has 0 radical (unpaired) electrons. The summed E-state index contributed by atoms with van der Waals surface area (Å²) in [6, 6.07) is 18.7. The summed E-state index contributed by atoms with van der Waals surface area (Å²) in [4.78, 5) is 12.4. The zero-order chi connectivity index (χ0) is 15.0. The molecule has 0 aliphatic heterocycles. The number of Topliss-reactive ketones (excluding diaryl/α,β-unsaturated/α-hetero) is 1. The van der Waals surface area contributed by atoms with Gasteiger partial charge in [-0.25, -0.2) is 0 Å². The van der Waals surface area contributed by atoms with Crippen molar-refractivity contribution in [1.29, 1.82) is 0 Å². The van der Waals surface area contributed by atoms with Crippen LogP contribution in [0, 0.1) is 0 Å². The predicted molar refractivity (Wildman–Crippen MR) is 85.8 cm³/mol. The number of hydrogen-bond acceptors (Lipinski definition) is 2. The highest BCUT2D eigenvalue weighted by Gasteiger charge is 2.48. The lowest BCUT2D eigenvalue weighted by Crippen LogP contribution is -2.46. The molecule has 0 N–H and O–H groups in total. The molecular formula is C20H20O2. The Labute approximate surface area is 131 Å². The van der Waals surface area contributed by atoms with Gasteiger partial charge in [0.1, 0.15) is 5.78 Å². The molecule has 0 heterocycles. The zero-order valence-corrected chi connectivity index (χ0v) is 12.6. The van der Waals surface area contributed by atoms with E-state index in [4.69, 9.17) is 4.74 Å². The lowest BCUT2D eigenvalue weighted by atomic mass is 9.57. The van der Waals surface area contributed by atoms with Crippen LogP contribution in [-0.4, -0.2) is 12.4 Å². The van der Waals surface area contributed by atoms with E-state index in [0.717, 1.165) is 12.8 Å². The van der Waals surface area contributed by atoms with E-state index in [-0.39, 0.29) is 11.3 Å². The molecule has 22 heavy (non-hydrogen) atoms. The number of ketones is 1. The third-order valence-corrected chi connectivity index (χ3v) is 5.21. The minimum absolute atomic E-state index is 0.1000. The van der Waals surface area contributed by atoms with Crippen molar-refractivity contribution in [3.63, 3.8) is 0 Å². The van der Waals surface area contributed by atoms with E-state index in [1.165, 1.54) is 16.7 Å². The fourth-order valence-electron chi connectivity index (χ4n) is 4.11. The summed E-state index contributed by atoms with van der Waals surface area (Å²) in [6.45, 7) is 1.25. The first-order chi connectivity index (χ1) is 10.8. The van der Waals surface area contributed by atoms with Gasteiger partial charge in [-0.2, -0.15) is 0 Å². The summed E-state index contributed by atoms with van der Waals surface area (Å²) < 4.78 is 6.03. The number of ether oxygens (including phenoxy) is 1. The van der Waals surface area contributed by atoms with Gasteiger partial charge in [0.05, 0.1) is 13.2 Å². The van der Waals surface area contributed by atoms with Gasteiger partial charge in [-0.15, -0.1) is 0 Å². The van der Waals surface area contributed by atoms with Gasteiger partial charge in [0.25, 0.3) is 0 Å². The second-order valence-corrected chi connectivity index (χ2v) is 6.58. The summed E-state index contributed by atoms with van der Waals surface area (Å²) in [7, 11) is 0. The minimum atomic E-state index is -0.1000. The third-order valence-electron chi connectivity index (χ3n) is 5.21. The summed E-state index contributed by atoms with van der Waals surface area (Å²) in [6.07, 6.45) is 2.68. The molecule has 3 aliphatic carbocycles. The molecule has 1 saturated carbocycles. The molecular weight excluding hydrogens is 272 g/mol. The molecule has 2 bridgehead atoms. The average Bonchev–Trinajstić information content (AvgIpc) is 2.56.